The van der Waals surface area contributed by atoms with Crippen LogP contribution in [0.25, 0.3) is 0 Å². The van der Waals surface area contributed by atoms with Crippen LogP contribution in [0.1, 0.15) is 0 Å². The number of anilines is 1. The third-order valence-electron chi connectivity index (χ3n) is 0.949. The Hall–Kier alpha value is -1.09. The lowest BCUT2D eigenvalue weighted by Gasteiger charge is -1.91. The van der Waals surface area contributed by atoms with Gasteiger partial charge < -0.3 is 0 Å². The summed E-state index contributed by atoms with van der Waals surface area (Å²) in [7, 11) is 0. The van der Waals surface area contributed by atoms with E-state index in [4.69, 9.17) is 0 Å². The topological polar surface area (TPSA) is 41.5 Å². The van der Waals surface area contributed by atoms with Gasteiger partial charge in [0.2, 0.25) is 0 Å². The van der Waals surface area contributed by atoms with Crippen molar-refractivity contribution < 1.29 is 0 Å². The molecule has 0 bridgehead atoms. The van der Waals surface area contributed by atoms with Crippen molar-refractivity contribution in [2.24, 2.45) is 5.29 Å². The third kappa shape index (κ3) is 2.46. The quantitative estimate of drug-likeness (QED) is 0.530. The molecule has 0 amide bonds. The minimum absolute atomic E-state index is 0. The Morgan fingerprint density at radius 1 is 1.20 bits per heavy atom. The molecule has 0 saturated heterocycles. The summed E-state index contributed by atoms with van der Waals surface area (Å²) in [4.78, 5) is 9.61. The summed E-state index contributed by atoms with van der Waals surface area (Å²) >= 11 is 0. The second-order valence-corrected chi connectivity index (χ2v) is 1.57. The molecule has 0 spiro atoms. The standard InChI is InChI=1S/C6H6N2O.ClH/c9-8-7-6-4-2-1-3-5-6;/h1-5H,(H,7,9);1H. The number of hydrogen-bond donors (Lipinski definition) is 1. The number of rotatable bonds is 2. The van der Waals surface area contributed by atoms with E-state index in [-0.39, 0.29) is 12.4 Å². The van der Waals surface area contributed by atoms with Gasteiger partial charge in [0.15, 0.2) is 0 Å². The average molecular weight is 159 g/mol. The highest BCUT2D eigenvalue weighted by Gasteiger charge is 1.82. The first-order valence-electron chi connectivity index (χ1n) is 2.57. The summed E-state index contributed by atoms with van der Waals surface area (Å²) in [6.07, 6.45) is 0. The van der Waals surface area contributed by atoms with E-state index < -0.39 is 0 Å². The van der Waals surface area contributed by atoms with Gasteiger partial charge in [0.25, 0.3) is 0 Å². The fourth-order valence-electron chi connectivity index (χ4n) is 0.565. The first-order chi connectivity index (χ1) is 4.43. The largest absolute Gasteiger partial charge is 0.242 e. The molecule has 0 aliphatic heterocycles. The number of nitrogens with one attached hydrogen (secondary N) is 1. The number of halogens is 1. The molecule has 0 atom stereocenters. The lowest BCUT2D eigenvalue weighted by atomic mass is 10.3. The van der Waals surface area contributed by atoms with E-state index in [0.29, 0.717) is 5.69 Å². The maximum Gasteiger partial charge on any atom is 0.0594 e. The van der Waals surface area contributed by atoms with Gasteiger partial charge in [-0.2, -0.15) is 0 Å². The molecule has 0 aliphatic carbocycles. The van der Waals surface area contributed by atoms with Crippen LogP contribution in [0.2, 0.25) is 0 Å². The van der Waals surface area contributed by atoms with Crippen LogP contribution in [0, 0.1) is 4.91 Å². The van der Waals surface area contributed by atoms with E-state index in [2.05, 4.69) is 10.7 Å². The Labute approximate surface area is 64.8 Å². The summed E-state index contributed by atoms with van der Waals surface area (Å²) in [5.41, 5.74) is 2.99. The zero-order valence-corrected chi connectivity index (χ0v) is 5.97. The molecule has 1 aromatic carbocycles. The zero-order chi connectivity index (χ0) is 6.53. The maximum absolute atomic E-state index is 9.61. The molecule has 4 heteroatoms. The minimum Gasteiger partial charge on any atom is -0.242 e. The molecule has 1 N–H and O–H groups in total. The van der Waals surface area contributed by atoms with E-state index in [1.807, 2.05) is 18.2 Å². The minimum atomic E-state index is 0. The average Bonchev–Trinajstić information content (AvgIpc) is 1.91. The van der Waals surface area contributed by atoms with Crippen LogP contribution in [0.15, 0.2) is 35.6 Å². The molecule has 10 heavy (non-hydrogen) atoms. The van der Waals surface area contributed by atoms with Gasteiger partial charge in [-0.25, -0.2) is 5.43 Å². The molecule has 54 valence electrons. The first-order valence-corrected chi connectivity index (χ1v) is 2.57. The fraction of sp³-hybridized carbons (Fsp3) is 0. The smallest absolute Gasteiger partial charge is 0.0594 e. The number of nitroso groups, excluding NO2 is 1. The first kappa shape index (κ1) is 8.91. The van der Waals surface area contributed by atoms with Crippen molar-refractivity contribution in [1.82, 2.24) is 0 Å². The highest BCUT2D eigenvalue weighted by Crippen LogP contribution is 2.03. The number of hydrogen-bond acceptors (Lipinski definition) is 2. The fourth-order valence-corrected chi connectivity index (χ4v) is 0.565. The summed E-state index contributed by atoms with van der Waals surface area (Å²) in [5, 5.41) is 2.51. The Balaban J connectivity index is 0.000000810. The van der Waals surface area contributed by atoms with Crippen LogP contribution >= 0.6 is 12.4 Å². The SMILES string of the molecule is Cl.O=NNc1ccccc1. The van der Waals surface area contributed by atoms with Crippen LogP contribution in [-0.4, -0.2) is 0 Å². The Morgan fingerprint density at radius 2 is 1.80 bits per heavy atom. The van der Waals surface area contributed by atoms with Crippen LogP contribution < -0.4 is 5.43 Å². The van der Waals surface area contributed by atoms with Crippen LogP contribution in [-0.2, 0) is 0 Å². The molecular weight excluding hydrogens is 152 g/mol. The molecule has 0 fully saturated rings. The van der Waals surface area contributed by atoms with E-state index in [1.165, 1.54) is 0 Å². The molecular formula is C6H7ClN2O. The predicted octanol–water partition coefficient (Wildman–Crippen LogP) is 2.20. The van der Waals surface area contributed by atoms with Gasteiger partial charge >= 0.3 is 0 Å². The van der Waals surface area contributed by atoms with Crippen LogP contribution in [0.4, 0.5) is 5.69 Å². The van der Waals surface area contributed by atoms with Gasteiger partial charge in [0.05, 0.1) is 11.0 Å². The predicted molar refractivity (Wildman–Crippen MR) is 43.1 cm³/mol. The van der Waals surface area contributed by atoms with Crippen molar-refractivity contribution in [2.45, 2.75) is 0 Å². The van der Waals surface area contributed by atoms with Crippen molar-refractivity contribution >= 4 is 18.1 Å². The Morgan fingerprint density at radius 3 is 2.30 bits per heavy atom. The third-order valence-corrected chi connectivity index (χ3v) is 0.949. The van der Waals surface area contributed by atoms with Crippen LogP contribution in [0.5, 0.6) is 0 Å². The summed E-state index contributed by atoms with van der Waals surface area (Å²) in [6.45, 7) is 0. The molecule has 1 aromatic rings. The highest BCUT2D eigenvalue weighted by molar-refractivity contribution is 5.85. The van der Waals surface area contributed by atoms with Crippen molar-refractivity contribution in [2.75, 3.05) is 5.43 Å². The molecule has 0 radical (unpaired) electrons. The van der Waals surface area contributed by atoms with Crippen molar-refractivity contribution in [3.05, 3.63) is 35.2 Å². The van der Waals surface area contributed by atoms with Gasteiger partial charge in [-0.05, 0) is 12.1 Å². The molecule has 0 aliphatic rings. The van der Waals surface area contributed by atoms with Gasteiger partial charge in [-0.3, -0.25) is 0 Å². The Kier molecular flexibility index (Phi) is 4.24. The van der Waals surface area contributed by atoms with Gasteiger partial charge in [-0.15, -0.1) is 17.3 Å². The van der Waals surface area contributed by atoms with Crippen molar-refractivity contribution in [3.8, 4) is 0 Å². The van der Waals surface area contributed by atoms with E-state index in [1.54, 1.807) is 12.1 Å². The van der Waals surface area contributed by atoms with E-state index >= 15 is 0 Å². The molecule has 3 nitrogen and oxygen atoms in total. The van der Waals surface area contributed by atoms with Gasteiger partial charge in [0.1, 0.15) is 0 Å². The van der Waals surface area contributed by atoms with E-state index in [0.717, 1.165) is 0 Å². The second kappa shape index (κ2) is 4.76. The van der Waals surface area contributed by atoms with Crippen molar-refractivity contribution in [1.29, 1.82) is 0 Å². The number of benzene rings is 1. The molecule has 0 aromatic heterocycles. The second-order valence-electron chi connectivity index (χ2n) is 1.57. The van der Waals surface area contributed by atoms with E-state index in [9.17, 15) is 4.91 Å². The maximum atomic E-state index is 9.61. The van der Waals surface area contributed by atoms with Crippen molar-refractivity contribution in [3.63, 3.8) is 0 Å². The molecule has 1 rings (SSSR count). The highest BCUT2D eigenvalue weighted by atomic mass is 35.5. The molecule has 0 heterocycles. The van der Waals surface area contributed by atoms with Crippen LogP contribution in [0.3, 0.4) is 0 Å². The Bertz CT molecular complexity index is 190. The summed E-state index contributed by atoms with van der Waals surface area (Å²) < 4.78 is 0. The monoisotopic (exact) mass is 158 g/mol. The summed E-state index contributed by atoms with van der Waals surface area (Å²) in [6, 6.07) is 9.06. The van der Waals surface area contributed by atoms with Gasteiger partial charge in [-0.1, -0.05) is 18.2 Å². The normalized spacial score (nSPS) is 7.60. The molecule has 0 saturated carbocycles. The lowest BCUT2D eigenvalue weighted by molar-refractivity contribution is 1.32. The molecule has 0 unspecified atom stereocenters. The zero-order valence-electron chi connectivity index (χ0n) is 5.15. The number of nitrogens with zero attached hydrogens (tertiary/aromatic N) is 1. The lowest BCUT2D eigenvalue weighted by Crippen LogP contribution is -1.82. The summed E-state index contributed by atoms with van der Waals surface area (Å²) in [5.74, 6) is 0. The number of para-hydroxylation sites is 1. The van der Waals surface area contributed by atoms with Gasteiger partial charge in [0, 0.05) is 0 Å².